The van der Waals surface area contributed by atoms with Crippen LogP contribution in [0.15, 0.2) is 186 Å². The first-order valence-corrected chi connectivity index (χ1v) is 19.8. The maximum Gasteiger partial charge on any atom is 0.164 e. The van der Waals surface area contributed by atoms with Gasteiger partial charge < -0.3 is 8.98 Å². The fraction of sp³-hybridized carbons (Fsp3) is 0. The molecule has 0 aliphatic heterocycles. The minimum atomic E-state index is 0.657. The van der Waals surface area contributed by atoms with Crippen molar-refractivity contribution in [2.75, 3.05) is 0 Å². The summed E-state index contributed by atoms with van der Waals surface area (Å²) < 4.78 is 11.3. The average Bonchev–Trinajstić information content (AvgIpc) is 3.95. The van der Waals surface area contributed by atoms with Crippen LogP contribution >= 0.6 is 11.3 Å². The molecule has 0 N–H and O–H groups in total. The molecule has 8 aromatic carbocycles. The summed E-state index contributed by atoms with van der Waals surface area (Å²) in [5, 5.41) is 7.18. The Bertz CT molecular complexity index is 3420. The van der Waals surface area contributed by atoms with E-state index in [2.05, 4.69) is 126 Å². The number of hydrogen-bond donors (Lipinski definition) is 0. The lowest BCUT2D eigenvalue weighted by Crippen LogP contribution is -1.99. The molecule has 4 heterocycles. The van der Waals surface area contributed by atoms with Crippen molar-refractivity contribution in [3.63, 3.8) is 0 Å². The highest BCUT2D eigenvalue weighted by Gasteiger charge is 2.17. The maximum absolute atomic E-state index is 6.50. The van der Waals surface area contributed by atoms with Crippen LogP contribution in [0.5, 0.6) is 0 Å². The van der Waals surface area contributed by atoms with E-state index in [4.69, 9.17) is 19.4 Å². The number of benzene rings is 8. The molecule has 6 heteroatoms. The van der Waals surface area contributed by atoms with Gasteiger partial charge in [0.2, 0.25) is 0 Å². The van der Waals surface area contributed by atoms with Gasteiger partial charge in [-0.1, -0.05) is 127 Å². The molecule has 0 saturated heterocycles. The van der Waals surface area contributed by atoms with Crippen LogP contribution in [0, 0.1) is 0 Å². The Balaban J connectivity index is 0.919. The number of thiophene rings is 1. The van der Waals surface area contributed by atoms with Crippen molar-refractivity contribution in [2.24, 2.45) is 0 Å². The number of rotatable bonds is 5. The fourth-order valence-electron chi connectivity index (χ4n) is 8.32. The molecule has 12 aromatic rings. The van der Waals surface area contributed by atoms with E-state index in [0.29, 0.717) is 17.5 Å². The molecule has 0 saturated carbocycles. The minimum absolute atomic E-state index is 0.657. The summed E-state index contributed by atoms with van der Waals surface area (Å²) in [6, 6.07) is 63.9. The van der Waals surface area contributed by atoms with Crippen LogP contribution in [0.2, 0.25) is 0 Å². The van der Waals surface area contributed by atoms with Crippen molar-refractivity contribution < 1.29 is 4.42 Å². The van der Waals surface area contributed by atoms with E-state index in [-0.39, 0.29) is 0 Å². The third-order valence-electron chi connectivity index (χ3n) is 11.1. The number of hydrogen-bond acceptors (Lipinski definition) is 5. The van der Waals surface area contributed by atoms with E-state index < -0.39 is 0 Å². The number of fused-ring (bicyclic) bond motifs is 9. The van der Waals surface area contributed by atoms with Crippen LogP contribution in [0.3, 0.4) is 0 Å². The second kappa shape index (κ2) is 12.6. The maximum atomic E-state index is 6.50. The summed E-state index contributed by atoms with van der Waals surface area (Å²) in [7, 11) is 0. The summed E-state index contributed by atoms with van der Waals surface area (Å²) in [5.41, 5.74) is 10.4. The number of aromatic nitrogens is 4. The average molecular weight is 747 g/mol. The molecule has 0 amide bonds. The van der Waals surface area contributed by atoms with Gasteiger partial charge in [0, 0.05) is 64.1 Å². The zero-order chi connectivity index (χ0) is 37.5. The van der Waals surface area contributed by atoms with E-state index >= 15 is 0 Å². The van der Waals surface area contributed by atoms with E-state index in [1.807, 2.05) is 60.7 Å². The zero-order valence-corrected chi connectivity index (χ0v) is 31.2. The largest absolute Gasteiger partial charge is 0.456 e. The van der Waals surface area contributed by atoms with Crippen LogP contribution in [-0.2, 0) is 0 Å². The highest BCUT2D eigenvalue weighted by Crippen LogP contribution is 2.40. The highest BCUT2D eigenvalue weighted by molar-refractivity contribution is 7.25. The van der Waals surface area contributed by atoms with E-state index in [0.717, 1.165) is 55.4 Å². The van der Waals surface area contributed by atoms with Crippen molar-refractivity contribution in [1.82, 2.24) is 19.5 Å². The predicted molar refractivity (Wildman–Crippen MR) is 236 cm³/mol. The molecular formula is C51H30N4OS. The van der Waals surface area contributed by atoms with Crippen LogP contribution in [0.1, 0.15) is 0 Å². The number of furan rings is 1. The second-order valence-electron chi connectivity index (χ2n) is 14.4. The van der Waals surface area contributed by atoms with Gasteiger partial charge in [0.25, 0.3) is 0 Å². The minimum Gasteiger partial charge on any atom is -0.456 e. The molecule has 5 nitrogen and oxygen atoms in total. The quantitative estimate of drug-likeness (QED) is 0.176. The summed E-state index contributed by atoms with van der Waals surface area (Å²) in [4.78, 5) is 14.8. The number of para-hydroxylation sites is 2. The van der Waals surface area contributed by atoms with Gasteiger partial charge in [-0.3, -0.25) is 0 Å². The van der Waals surface area contributed by atoms with Gasteiger partial charge in [0.05, 0.1) is 11.0 Å². The van der Waals surface area contributed by atoms with Gasteiger partial charge in [-0.15, -0.1) is 11.3 Å². The molecule has 0 unspecified atom stereocenters. The van der Waals surface area contributed by atoms with Gasteiger partial charge in [0.1, 0.15) is 11.2 Å². The van der Waals surface area contributed by atoms with Gasteiger partial charge in [-0.05, 0) is 65.7 Å². The molecule has 0 spiro atoms. The summed E-state index contributed by atoms with van der Waals surface area (Å²) >= 11 is 1.79. The first-order valence-electron chi connectivity index (χ1n) is 19.0. The third-order valence-corrected chi connectivity index (χ3v) is 12.2. The third kappa shape index (κ3) is 5.19. The normalized spacial score (nSPS) is 11.9. The molecule has 0 aliphatic rings. The molecule has 12 rings (SSSR count). The lowest BCUT2D eigenvalue weighted by molar-refractivity contribution is 0.669. The van der Waals surface area contributed by atoms with E-state index in [9.17, 15) is 0 Å². The summed E-state index contributed by atoms with van der Waals surface area (Å²) in [5.74, 6) is 1.97. The van der Waals surface area contributed by atoms with Crippen molar-refractivity contribution in [3.05, 3.63) is 182 Å². The molecule has 57 heavy (non-hydrogen) atoms. The Kier molecular flexibility index (Phi) is 7.03. The lowest BCUT2D eigenvalue weighted by Gasteiger charge is -2.08. The van der Waals surface area contributed by atoms with Crippen LogP contribution in [-0.4, -0.2) is 19.5 Å². The molecule has 0 fully saturated rings. The smallest absolute Gasteiger partial charge is 0.164 e. The molecule has 4 aromatic heterocycles. The number of nitrogens with zero attached hydrogens (tertiary/aromatic N) is 4. The lowest BCUT2D eigenvalue weighted by atomic mass is 10.0. The highest BCUT2D eigenvalue weighted by atomic mass is 32.1. The Morgan fingerprint density at radius 3 is 1.49 bits per heavy atom. The topological polar surface area (TPSA) is 56.7 Å². The standard InChI is InChI=1S/C51H30N4OS/c1-3-11-31(12-4-1)49-52-50(32-13-5-2-6-14-32)54-51(53-49)35-21-25-41-40-24-20-34(28-47(40)57-48(41)29-35)33-19-23-39-42-30-36(22-26-45(42)56-46(39)27-33)55-43-17-9-7-15-37(43)38-16-8-10-18-44(38)55/h1-30H. The molecule has 266 valence electrons. The SMILES string of the molecule is c1ccc(-c2nc(-c3ccccc3)nc(-c3ccc4c(c3)sc3cc(-c5ccc6c(c5)oc5ccc(-n7c8ccccc8c8ccccc87)cc56)ccc34)n2)cc1. The molecule has 0 atom stereocenters. The monoisotopic (exact) mass is 746 g/mol. The van der Waals surface area contributed by atoms with Gasteiger partial charge in [-0.2, -0.15) is 0 Å². The van der Waals surface area contributed by atoms with Gasteiger partial charge in [-0.25, -0.2) is 15.0 Å². The first kappa shape index (κ1) is 31.9. The van der Waals surface area contributed by atoms with Gasteiger partial charge >= 0.3 is 0 Å². The Hall–Kier alpha value is -7.41. The molecular weight excluding hydrogens is 717 g/mol. The van der Waals surface area contributed by atoms with Crippen molar-refractivity contribution in [3.8, 4) is 51.0 Å². The van der Waals surface area contributed by atoms with E-state index in [1.54, 1.807) is 11.3 Å². The molecule has 0 aliphatic carbocycles. The Morgan fingerprint density at radius 2 is 0.860 bits per heavy atom. The van der Waals surface area contributed by atoms with Crippen molar-refractivity contribution >= 4 is 75.3 Å². The van der Waals surface area contributed by atoms with Crippen LogP contribution in [0.4, 0.5) is 0 Å². The van der Waals surface area contributed by atoms with E-state index in [1.165, 1.54) is 42.0 Å². The Morgan fingerprint density at radius 1 is 0.351 bits per heavy atom. The van der Waals surface area contributed by atoms with Gasteiger partial charge in [0.15, 0.2) is 17.5 Å². The second-order valence-corrected chi connectivity index (χ2v) is 15.5. The zero-order valence-electron chi connectivity index (χ0n) is 30.4. The van der Waals surface area contributed by atoms with Crippen LogP contribution in [0.25, 0.3) is 115 Å². The molecule has 0 bridgehead atoms. The fourth-order valence-corrected chi connectivity index (χ4v) is 9.50. The first-order chi connectivity index (χ1) is 28.2. The molecule has 0 radical (unpaired) electrons. The predicted octanol–water partition coefficient (Wildman–Crippen LogP) is 13.9. The van der Waals surface area contributed by atoms with Crippen LogP contribution < -0.4 is 0 Å². The van der Waals surface area contributed by atoms with Crippen molar-refractivity contribution in [1.29, 1.82) is 0 Å². The van der Waals surface area contributed by atoms with Crippen molar-refractivity contribution in [2.45, 2.75) is 0 Å². The summed E-state index contributed by atoms with van der Waals surface area (Å²) in [6.07, 6.45) is 0. The Labute approximate surface area is 330 Å². The summed E-state index contributed by atoms with van der Waals surface area (Å²) in [6.45, 7) is 0.